The van der Waals surface area contributed by atoms with Crippen molar-refractivity contribution in [1.82, 2.24) is 9.80 Å². The average Bonchev–Trinajstić information content (AvgIpc) is 2.84. The number of carboxylic acids is 1. The van der Waals surface area contributed by atoms with E-state index in [4.69, 9.17) is 24.5 Å². The van der Waals surface area contributed by atoms with Crippen LogP contribution in [0, 0.1) is 5.92 Å². The molecule has 174 valence electrons. The van der Waals surface area contributed by atoms with Gasteiger partial charge >= 0.3 is 5.97 Å². The molecule has 1 N–H and O–H groups in total. The van der Waals surface area contributed by atoms with Crippen LogP contribution >= 0.6 is 0 Å². The fourth-order valence-electron chi connectivity index (χ4n) is 4.68. The average molecular weight is 452 g/mol. The number of hydrogen-bond donors (Lipinski definition) is 1. The van der Waals surface area contributed by atoms with Crippen molar-refractivity contribution in [2.45, 2.75) is 32.1 Å². The number of dihydropyridines is 1. The third kappa shape index (κ3) is 4.30. The lowest BCUT2D eigenvalue weighted by Crippen LogP contribution is -2.55. The maximum atomic E-state index is 11.4. The molecular weight excluding hydrogens is 422 g/mol. The van der Waals surface area contributed by atoms with Crippen molar-refractivity contribution in [3.05, 3.63) is 47.5 Å². The van der Waals surface area contributed by atoms with Crippen molar-refractivity contribution in [3.8, 4) is 0 Å². The SMILES string of the molecule is C[C@H]1COCCN1C1=NC2N=C(c3cccc(C(=O)O)c3)C=CC2C(N2CCOC[C@@H]2C)=N1. The first-order valence-electron chi connectivity index (χ1n) is 11.5. The molecule has 9 heteroatoms. The fraction of sp³-hybridized carbons (Fsp3) is 0.500. The van der Waals surface area contributed by atoms with Crippen LogP contribution in [0.5, 0.6) is 0 Å². The maximum Gasteiger partial charge on any atom is 0.335 e. The number of carbonyl (C=O) groups is 1. The second-order valence-corrected chi connectivity index (χ2v) is 8.83. The number of carboxylic acid groups (broad SMARTS) is 1. The Kier molecular flexibility index (Phi) is 5.99. The molecule has 0 aliphatic carbocycles. The van der Waals surface area contributed by atoms with Crippen LogP contribution in [0.3, 0.4) is 0 Å². The summed E-state index contributed by atoms with van der Waals surface area (Å²) >= 11 is 0. The molecule has 0 amide bonds. The highest BCUT2D eigenvalue weighted by Gasteiger charge is 2.38. The Hall–Kier alpha value is -3.04. The molecule has 2 unspecified atom stereocenters. The van der Waals surface area contributed by atoms with E-state index in [1.54, 1.807) is 18.2 Å². The molecule has 1 aromatic rings. The molecule has 0 radical (unpaired) electrons. The lowest BCUT2D eigenvalue weighted by Gasteiger charge is -2.42. The lowest BCUT2D eigenvalue weighted by molar-refractivity contribution is 0.0286. The first-order chi connectivity index (χ1) is 16.0. The number of fused-ring (bicyclic) bond motifs is 1. The highest BCUT2D eigenvalue weighted by atomic mass is 16.5. The van der Waals surface area contributed by atoms with Crippen LogP contribution in [0.2, 0.25) is 0 Å². The number of nitrogens with zero attached hydrogens (tertiary/aromatic N) is 5. The summed E-state index contributed by atoms with van der Waals surface area (Å²) in [6, 6.07) is 7.26. The number of guanidine groups is 1. The van der Waals surface area contributed by atoms with Crippen LogP contribution in [0.25, 0.3) is 0 Å². The summed E-state index contributed by atoms with van der Waals surface area (Å²) in [4.78, 5) is 30.9. The molecule has 4 atom stereocenters. The first-order valence-corrected chi connectivity index (χ1v) is 11.5. The molecule has 4 heterocycles. The predicted molar refractivity (Wildman–Crippen MR) is 125 cm³/mol. The van der Waals surface area contributed by atoms with Crippen molar-refractivity contribution in [3.63, 3.8) is 0 Å². The van der Waals surface area contributed by atoms with Gasteiger partial charge in [-0.05, 0) is 32.1 Å². The molecule has 5 rings (SSSR count). The summed E-state index contributed by atoms with van der Waals surface area (Å²) in [5, 5.41) is 9.38. The van der Waals surface area contributed by atoms with Crippen LogP contribution in [0.1, 0.15) is 29.8 Å². The van der Waals surface area contributed by atoms with Gasteiger partial charge in [-0.1, -0.05) is 18.2 Å². The number of benzene rings is 1. The van der Waals surface area contributed by atoms with Gasteiger partial charge in [0.15, 0.2) is 6.17 Å². The Morgan fingerprint density at radius 3 is 2.48 bits per heavy atom. The van der Waals surface area contributed by atoms with Crippen LogP contribution in [0.4, 0.5) is 0 Å². The molecule has 33 heavy (non-hydrogen) atoms. The van der Waals surface area contributed by atoms with E-state index < -0.39 is 5.97 Å². The summed E-state index contributed by atoms with van der Waals surface area (Å²) in [5.41, 5.74) is 1.74. The summed E-state index contributed by atoms with van der Waals surface area (Å²) in [6.45, 7) is 8.40. The number of aromatic carboxylic acids is 1. The minimum Gasteiger partial charge on any atom is -0.478 e. The molecule has 4 aliphatic heterocycles. The Morgan fingerprint density at radius 1 is 1.06 bits per heavy atom. The number of aliphatic imine (C=N–C) groups is 3. The third-order valence-electron chi connectivity index (χ3n) is 6.51. The van der Waals surface area contributed by atoms with Gasteiger partial charge in [0.1, 0.15) is 5.84 Å². The fourth-order valence-corrected chi connectivity index (χ4v) is 4.68. The van der Waals surface area contributed by atoms with E-state index in [1.165, 1.54) is 0 Å². The first kappa shape index (κ1) is 21.8. The number of hydrogen-bond acceptors (Lipinski definition) is 8. The van der Waals surface area contributed by atoms with E-state index in [9.17, 15) is 9.90 Å². The van der Waals surface area contributed by atoms with Gasteiger partial charge in [0.05, 0.1) is 55.7 Å². The van der Waals surface area contributed by atoms with Crippen LogP contribution < -0.4 is 0 Å². The van der Waals surface area contributed by atoms with Gasteiger partial charge < -0.3 is 24.4 Å². The van der Waals surface area contributed by atoms with Gasteiger partial charge in [0, 0.05) is 18.7 Å². The quantitative estimate of drug-likeness (QED) is 0.737. The summed E-state index contributed by atoms with van der Waals surface area (Å²) in [6.07, 6.45) is 3.71. The van der Waals surface area contributed by atoms with Gasteiger partial charge in [-0.25, -0.2) is 9.79 Å². The normalized spacial score (nSPS) is 29.7. The van der Waals surface area contributed by atoms with Crippen molar-refractivity contribution < 1.29 is 19.4 Å². The Morgan fingerprint density at radius 2 is 1.79 bits per heavy atom. The molecule has 2 saturated heterocycles. The van der Waals surface area contributed by atoms with Crippen molar-refractivity contribution in [2.24, 2.45) is 20.9 Å². The van der Waals surface area contributed by atoms with E-state index in [1.807, 2.05) is 12.1 Å². The highest BCUT2D eigenvalue weighted by molar-refractivity contribution is 6.12. The molecular formula is C24H29N5O4. The van der Waals surface area contributed by atoms with Crippen LogP contribution in [-0.4, -0.2) is 96.1 Å². The van der Waals surface area contributed by atoms with Crippen molar-refractivity contribution in [1.29, 1.82) is 0 Å². The largest absolute Gasteiger partial charge is 0.478 e. The Labute approximate surface area is 193 Å². The number of allylic oxidation sites excluding steroid dienone is 1. The van der Waals surface area contributed by atoms with E-state index >= 15 is 0 Å². The molecule has 0 bridgehead atoms. The van der Waals surface area contributed by atoms with Crippen molar-refractivity contribution >= 4 is 23.5 Å². The monoisotopic (exact) mass is 451 g/mol. The number of ether oxygens (including phenoxy) is 2. The molecule has 0 saturated carbocycles. The van der Waals surface area contributed by atoms with Gasteiger partial charge in [0.2, 0.25) is 5.96 Å². The maximum absolute atomic E-state index is 11.4. The van der Waals surface area contributed by atoms with Gasteiger partial charge in [-0.3, -0.25) is 4.99 Å². The van der Waals surface area contributed by atoms with Crippen LogP contribution in [0.15, 0.2) is 51.4 Å². The van der Waals surface area contributed by atoms with E-state index in [2.05, 4.69) is 29.7 Å². The van der Waals surface area contributed by atoms with Crippen LogP contribution in [-0.2, 0) is 9.47 Å². The minimum absolute atomic E-state index is 0.0722. The number of rotatable bonds is 2. The van der Waals surface area contributed by atoms with Gasteiger partial charge in [-0.2, -0.15) is 4.99 Å². The zero-order valence-corrected chi connectivity index (χ0v) is 18.9. The Balaban J connectivity index is 1.52. The zero-order chi connectivity index (χ0) is 22.9. The van der Waals surface area contributed by atoms with E-state index in [-0.39, 0.29) is 29.7 Å². The standard InChI is InChI=1S/C24H29N5O4/c1-15-13-32-10-8-28(15)22-19-6-7-20(17-4-3-5-18(12-17)23(30)31)25-21(19)26-24(27-22)29-9-11-33-14-16(29)2/h3-7,12,15-16,19,21H,8-11,13-14H2,1-2H3,(H,30,31)/t15-,16-,19?,21?/m0/s1. The zero-order valence-electron chi connectivity index (χ0n) is 18.9. The van der Waals surface area contributed by atoms with Gasteiger partial charge in [0.25, 0.3) is 0 Å². The predicted octanol–water partition coefficient (Wildman–Crippen LogP) is 1.90. The molecule has 9 nitrogen and oxygen atoms in total. The second-order valence-electron chi connectivity index (χ2n) is 8.83. The van der Waals surface area contributed by atoms with E-state index in [0.29, 0.717) is 32.4 Å². The summed E-state index contributed by atoms with van der Waals surface area (Å²) in [5.74, 6) is 0.637. The van der Waals surface area contributed by atoms with Crippen molar-refractivity contribution in [2.75, 3.05) is 39.5 Å². The molecule has 4 aliphatic rings. The molecule has 2 fully saturated rings. The third-order valence-corrected chi connectivity index (χ3v) is 6.51. The number of amidine groups is 1. The second kappa shape index (κ2) is 9.07. The molecule has 0 aromatic heterocycles. The van der Waals surface area contributed by atoms with Gasteiger partial charge in [-0.15, -0.1) is 0 Å². The van der Waals surface area contributed by atoms with E-state index in [0.717, 1.165) is 30.2 Å². The summed E-state index contributed by atoms with van der Waals surface area (Å²) in [7, 11) is 0. The lowest BCUT2D eigenvalue weighted by atomic mass is 9.95. The smallest absolute Gasteiger partial charge is 0.335 e. The molecule has 0 spiro atoms. The topological polar surface area (TPSA) is 99.3 Å². The number of morpholine rings is 2. The Bertz CT molecular complexity index is 1050. The molecule has 1 aromatic carbocycles. The highest BCUT2D eigenvalue weighted by Crippen LogP contribution is 2.29. The summed E-state index contributed by atoms with van der Waals surface area (Å²) < 4.78 is 11.3. The minimum atomic E-state index is -0.954.